The van der Waals surface area contributed by atoms with Gasteiger partial charge in [-0.3, -0.25) is 0 Å². The van der Waals surface area contributed by atoms with Crippen molar-refractivity contribution in [3.05, 3.63) is 90.0 Å². The van der Waals surface area contributed by atoms with E-state index in [1.54, 1.807) is 0 Å². The van der Waals surface area contributed by atoms with Crippen LogP contribution < -0.4 is 9.64 Å². The third-order valence-corrected chi connectivity index (χ3v) is 4.20. The SMILES string of the molecule is c1ccc(Cc2cccc(N3CCOc4ccccc43)c2)cc1. The van der Waals surface area contributed by atoms with E-state index >= 15 is 0 Å². The van der Waals surface area contributed by atoms with Gasteiger partial charge in [0.2, 0.25) is 0 Å². The van der Waals surface area contributed by atoms with Gasteiger partial charge in [-0.1, -0.05) is 54.6 Å². The van der Waals surface area contributed by atoms with Crippen LogP contribution in [0, 0.1) is 0 Å². The van der Waals surface area contributed by atoms with Gasteiger partial charge in [-0.15, -0.1) is 0 Å². The van der Waals surface area contributed by atoms with E-state index in [4.69, 9.17) is 4.74 Å². The molecule has 0 aromatic heterocycles. The molecule has 114 valence electrons. The van der Waals surface area contributed by atoms with Gasteiger partial charge in [-0.25, -0.2) is 0 Å². The molecule has 0 radical (unpaired) electrons. The molecule has 0 fully saturated rings. The van der Waals surface area contributed by atoms with Crippen molar-refractivity contribution in [2.75, 3.05) is 18.1 Å². The summed E-state index contributed by atoms with van der Waals surface area (Å²) in [6.45, 7) is 1.60. The number of anilines is 2. The summed E-state index contributed by atoms with van der Waals surface area (Å²) < 4.78 is 5.76. The lowest BCUT2D eigenvalue weighted by molar-refractivity contribution is 0.314. The summed E-state index contributed by atoms with van der Waals surface area (Å²) >= 11 is 0. The lowest BCUT2D eigenvalue weighted by Crippen LogP contribution is -2.28. The van der Waals surface area contributed by atoms with Crippen molar-refractivity contribution >= 4 is 11.4 Å². The Morgan fingerprint density at radius 3 is 2.48 bits per heavy atom. The van der Waals surface area contributed by atoms with Crippen molar-refractivity contribution in [1.82, 2.24) is 0 Å². The Kier molecular flexibility index (Phi) is 3.73. The molecule has 0 N–H and O–H groups in total. The third-order valence-electron chi connectivity index (χ3n) is 4.20. The molecule has 0 bridgehead atoms. The van der Waals surface area contributed by atoms with E-state index in [-0.39, 0.29) is 0 Å². The number of para-hydroxylation sites is 2. The van der Waals surface area contributed by atoms with Gasteiger partial charge in [0, 0.05) is 5.69 Å². The Bertz CT molecular complexity index is 798. The molecule has 1 aliphatic rings. The van der Waals surface area contributed by atoms with E-state index in [1.165, 1.54) is 16.8 Å². The number of ether oxygens (including phenoxy) is 1. The minimum atomic E-state index is 0.722. The van der Waals surface area contributed by atoms with E-state index in [1.807, 2.05) is 12.1 Å². The summed E-state index contributed by atoms with van der Waals surface area (Å²) in [6.07, 6.45) is 0.959. The van der Waals surface area contributed by atoms with Crippen LogP contribution in [-0.2, 0) is 6.42 Å². The fourth-order valence-electron chi connectivity index (χ4n) is 3.10. The first-order valence-electron chi connectivity index (χ1n) is 8.02. The van der Waals surface area contributed by atoms with Crippen LogP contribution >= 0.6 is 0 Å². The minimum absolute atomic E-state index is 0.722. The van der Waals surface area contributed by atoms with Gasteiger partial charge in [-0.05, 0) is 41.8 Å². The highest BCUT2D eigenvalue weighted by molar-refractivity contribution is 5.70. The number of nitrogens with zero attached hydrogens (tertiary/aromatic N) is 1. The maximum absolute atomic E-state index is 5.76. The van der Waals surface area contributed by atoms with Crippen LogP contribution in [0.15, 0.2) is 78.9 Å². The fraction of sp³-hybridized carbons (Fsp3) is 0.143. The van der Waals surface area contributed by atoms with Gasteiger partial charge in [0.25, 0.3) is 0 Å². The molecule has 1 aliphatic heterocycles. The Balaban J connectivity index is 1.65. The summed E-state index contributed by atoms with van der Waals surface area (Å²) in [5.74, 6) is 0.965. The lowest BCUT2D eigenvalue weighted by atomic mass is 10.0. The van der Waals surface area contributed by atoms with Crippen LogP contribution in [0.4, 0.5) is 11.4 Å². The van der Waals surface area contributed by atoms with Crippen molar-refractivity contribution in [2.45, 2.75) is 6.42 Å². The second kappa shape index (κ2) is 6.17. The van der Waals surface area contributed by atoms with E-state index in [9.17, 15) is 0 Å². The molecule has 0 aliphatic carbocycles. The zero-order valence-electron chi connectivity index (χ0n) is 13.0. The molecule has 3 aromatic carbocycles. The number of hydrogen-bond donors (Lipinski definition) is 0. The number of benzene rings is 3. The van der Waals surface area contributed by atoms with Gasteiger partial charge in [0.1, 0.15) is 12.4 Å². The van der Waals surface area contributed by atoms with E-state index in [0.717, 1.165) is 31.0 Å². The maximum atomic E-state index is 5.76. The Morgan fingerprint density at radius 2 is 1.57 bits per heavy atom. The zero-order chi connectivity index (χ0) is 15.5. The van der Waals surface area contributed by atoms with Crippen molar-refractivity contribution in [2.24, 2.45) is 0 Å². The highest BCUT2D eigenvalue weighted by Gasteiger charge is 2.18. The third kappa shape index (κ3) is 2.93. The summed E-state index contributed by atoms with van der Waals surface area (Å²) in [5.41, 5.74) is 5.05. The quantitative estimate of drug-likeness (QED) is 0.688. The monoisotopic (exact) mass is 301 g/mol. The first kappa shape index (κ1) is 13.9. The molecule has 23 heavy (non-hydrogen) atoms. The maximum Gasteiger partial charge on any atom is 0.143 e. The van der Waals surface area contributed by atoms with Crippen molar-refractivity contribution in [3.63, 3.8) is 0 Å². The molecule has 0 spiro atoms. The van der Waals surface area contributed by atoms with Crippen LogP contribution in [0.3, 0.4) is 0 Å². The molecular formula is C21H19NO. The predicted octanol–water partition coefficient (Wildman–Crippen LogP) is 4.81. The summed E-state index contributed by atoms with van der Waals surface area (Å²) in [4.78, 5) is 2.34. The molecule has 0 amide bonds. The van der Waals surface area contributed by atoms with E-state index in [0.29, 0.717) is 0 Å². The lowest BCUT2D eigenvalue weighted by Gasteiger charge is -2.31. The molecule has 2 nitrogen and oxygen atoms in total. The standard InChI is InChI=1S/C21H19NO/c1-2-7-17(8-3-1)15-18-9-6-10-19(16-18)22-13-14-23-21-12-5-4-11-20(21)22/h1-12,16H,13-15H2. The van der Waals surface area contributed by atoms with Crippen LogP contribution in [-0.4, -0.2) is 13.2 Å². The van der Waals surface area contributed by atoms with E-state index < -0.39 is 0 Å². The average Bonchev–Trinajstić information content (AvgIpc) is 2.62. The van der Waals surface area contributed by atoms with Gasteiger partial charge in [-0.2, -0.15) is 0 Å². The highest BCUT2D eigenvalue weighted by Crippen LogP contribution is 2.36. The van der Waals surface area contributed by atoms with Crippen LogP contribution in [0.25, 0.3) is 0 Å². The number of rotatable bonds is 3. The number of fused-ring (bicyclic) bond motifs is 1. The van der Waals surface area contributed by atoms with Crippen molar-refractivity contribution in [3.8, 4) is 5.75 Å². The fourth-order valence-corrected chi connectivity index (χ4v) is 3.10. The zero-order valence-corrected chi connectivity index (χ0v) is 13.0. The first-order chi connectivity index (χ1) is 11.4. The second-order valence-electron chi connectivity index (χ2n) is 5.80. The smallest absolute Gasteiger partial charge is 0.143 e. The van der Waals surface area contributed by atoms with Crippen molar-refractivity contribution < 1.29 is 4.74 Å². The van der Waals surface area contributed by atoms with Crippen LogP contribution in [0.5, 0.6) is 5.75 Å². The Morgan fingerprint density at radius 1 is 0.783 bits per heavy atom. The summed E-state index contributed by atoms with van der Waals surface area (Å²) in [6, 6.07) is 27.7. The predicted molar refractivity (Wildman–Crippen MR) is 94.6 cm³/mol. The van der Waals surface area contributed by atoms with E-state index in [2.05, 4.69) is 71.6 Å². The number of hydrogen-bond acceptors (Lipinski definition) is 2. The molecule has 2 heteroatoms. The molecule has 0 saturated heterocycles. The molecule has 0 atom stereocenters. The van der Waals surface area contributed by atoms with Crippen molar-refractivity contribution in [1.29, 1.82) is 0 Å². The average molecular weight is 301 g/mol. The van der Waals surface area contributed by atoms with Crippen LogP contribution in [0.2, 0.25) is 0 Å². The second-order valence-corrected chi connectivity index (χ2v) is 5.80. The van der Waals surface area contributed by atoms with Gasteiger partial charge >= 0.3 is 0 Å². The molecular weight excluding hydrogens is 282 g/mol. The van der Waals surface area contributed by atoms with Gasteiger partial charge < -0.3 is 9.64 Å². The summed E-state index contributed by atoms with van der Waals surface area (Å²) in [7, 11) is 0. The topological polar surface area (TPSA) is 12.5 Å². The minimum Gasteiger partial charge on any atom is -0.490 e. The molecule has 4 rings (SSSR count). The molecule has 3 aromatic rings. The normalized spacial score (nSPS) is 13.3. The highest BCUT2D eigenvalue weighted by atomic mass is 16.5. The molecule has 1 heterocycles. The first-order valence-corrected chi connectivity index (χ1v) is 8.02. The van der Waals surface area contributed by atoms with Gasteiger partial charge in [0.05, 0.1) is 12.2 Å². The Labute approximate surface area is 137 Å². The molecule has 0 saturated carbocycles. The van der Waals surface area contributed by atoms with Crippen LogP contribution in [0.1, 0.15) is 11.1 Å². The van der Waals surface area contributed by atoms with Gasteiger partial charge in [0.15, 0.2) is 0 Å². The molecule has 0 unspecified atom stereocenters. The largest absolute Gasteiger partial charge is 0.490 e. The summed E-state index contributed by atoms with van der Waals surface area (Å²) in [5, 5.41) is 0. The Hall–Kier alpha value is -2.74.